The van der Waals surface area contributed by atoms with Crippen LogP contribution in [0.3, 0.4) is 0 Å². The molecule has 1 aromatic heterocycles. The number of nitrogens with one attached hydrogen (secondary N) is 1. The van der Waals surface area contributed by atoms with Gasteiger partial charge in [0, 0.05) is 12.6 Å². The van der Waals surface area contributed by atoms with Gasteiger partial charge in [0.2, 0.25) is 0 Å². The maximum atomic E-state index is 12.1. The molecular weight excluding hydrogens is 443 g/mol. The largest absolute Gasteiger partial charge is 0.411 e. The van der Waals surface area contributed by atoms with Gasteiger partial charge in [-0.3, -0.25) is 14.3 Å². The van der Waals surface area contributed by atoms with E-state index in [9.17, 15) is 14.7 Å². The summed E-state index contributed by atoms with van der Waals surface area (Å²) in [7, 11) is -2.03. The van der Waals surface area contributed by atoms with Crippen LogP contribution in [0.2, 0.25) is 18.1 Å². The second kappa shape index (κ2) is 7.02. The van der Waals surface area contributed by atoms with Crippen molar-refractivity contribution in [1.82, 2.24) is 9.55 Å². The minimum absolute atomic E-state index is 0.0370. The third kappa shape index (κ3) is 4.01. The van der Waals surface area contributed by atoms with E-state index in [1.165, 1.54) is 10.8 Å². The average Bonchev–Trinajstić information content (AvgIpc) is 2.83. The average molecular weight is 468 g/mol. The van der Waals surface area contributed by atoms with E-state index in [2.05, 4.69) is 38.8 Å². The number of ether oxygens (including phenoxy) is 1. The molecule has 0 aliphatic carbocycles. The van der Waals surface area contributed by atoms with Crippen molar-refractivity contribution in [2.45, 2.75) is 63.8 Å². The molecule has 24 heavy (non-hydrogen) atoms. The van der Waals surface area contributed by atoms with Crippen LogP contribution < -0.4 is 11.2 Å². The molecule has 0 bridgehead atoms. The predicted octanol–water partition coefficient (Wildman–Crippen LogP) is 1.81. The number of H-pyrrole nitrogens is 1. The fourth-order valence-corrected chi connectivity index (χ4v) is 4.18. The summed E-state index contributed by atoms with van der Waals surface area (Å²) < 4.78 is 14.0. The number of aliphatic hydroxyl groups is 1. The number of rotatable bonds is 4. The van der Waals surface area contributed by atoms with Crippen LogP contribution in [-0.4, -0.2) is 41.8 Å². The van der Waals surface area contributed by atoms with Crippen LogP contribution in [0.5, 0.6) is 0 Å². The molecule has 0 saturated carbocycles. The highest BCUT2D eigenvalue weighted by Crippen LogP contribution is 2.40. The van der Waals surface area contributed by atoms with Crippen molar-refractivity contribution in [3.8, 4) is 0 Å². The maximum absolute atomic E-state index is 12.1. The van der Waals surface area contributed by atoms with Crippen molar-refractivity contribution in [3.63, 3.8) is 0 Å². The second-order valence-corrected chi connectivity index (χ2v) is 13.5. The van der Waals surface area contributed by atoms with Crippen molar-refractivity contribution < 1.29 is 14.3 Å². The lowest BCUT2D eigenvalue weighted by molar-refractivity contribution is -0.0439. The van der Waals surface area contributed by atoms with E-state index in [-0.39, 0.29) is 17.7 Å². The van der Waals surface area contributed by atoms with Crippen molar-refractivity contribution in [3.05, 3.63) is 30.6 Å². The highest BCUT2D eigenvalue weighted by Gasteiger charge is 2.45. The standard InChI is InChI=1S/C15H25IN2O5Si/c1-15(2,3)24(4,5)23-10-6-12(22-11(10)8-19)18-7-9(16)13(20)17-14(18)21/h7,10-12,19H,6,8H2,1-5H3,(H,17,20,21). The van der Waals surface area contributed by atoms with Crippen molar-refractivity contribution in [2.75, 3.05) is 6.61 Å². The number of aromatic amines is 1. The number of hydrogen-bond donors (Lipinski definition) is 2. The zero-order valence-corrected chi connectivity index (χ0v) is 17.8. The molecule has 9 heteroatoms. The van der Waals surface area contributed by atoms with Crippen molar-refractivity contribution >= 4 is 30.9 Å². The SMILES string of the molecule is CC(C)(C)[Si](C)(C)OC1CC(n2cc(I)c(=O)[nH]c2=O)OC1CO. The van der Waals surface area contributed by atoms with E-state index in [1.807, 2.05) is 22.6 Å². The van der Waals surface area contributed by atoms with Crippen LogP contribution in [0.15, 0.2) is 15.8 Å². The molecule has 0 aromatic carbocycles. The Hall–Kier alpha value is -0.493. The lowest BCUT2D eigenvalue weighted by Crippen LogP contribution is -2.46. The first-order valence-corrected chi connectivity index (χ1v) is 11.9. The zero-order valence-electron chi connectivity index (χ0n) is 14.6. The number of aromatic nitrogens is 2. The molecule has 7 nitrogen and oxygen atoms in total. The molecule has 1 fully saturated rings. The molecule has 2 heterocycles. The fraction of sp³-hybridized carbons (Fsp3) is 0.733. The smallest absolute Gasteiger partial charge is 0.330 e. The second-order valence-electron chi connectivity index (χ2n) is 7.61. The van der Waals surface area contributed by atoms with E-state index in [4.69, 9.17) is 9.16 Å². The van der Waals surface area contributed by atoms with Gasteiger partial charge < -0.3 is 14.3 Å². The van der Waals surface area contributed by atoms with Gasteiger partial charge >= 0.3 is 5.69 Å². The van der Waals surface area contributed by atoms with E-state index >= 15 is 0 Å². The molecule has 2 N–H and O–H groups in total. The molecule has 2 rings (SSSR count). The van der Waals surface area contributed by atoms with E-state index in [0.29, 0.717) is 9.99 Å². The Balaban J connectivity index is 2.25. The summed E-state index contributed by atoms with van der Waals surface area (Å²) in [6.45, 7) is 10.6. The predicted molar refractivity (Wildman–Crippen MR) is 102 cm³/mol. The normalized spacial score (nSPS) is 25.2. The van der Waals surface area contributed by atoms with Gasteiger partial charge in [-0.05, 0) is 40.7 Å². The first-order valence-electron chi connectivity index (χ1n) is 7.91. The summed E-state index contributed by atoms with van der Waals surface area (Å²) in [5.74, 6) is 0. The monoisotopic (exact) mass is 468 g/mol. The fourth-order valence-electron chi connectivity index (χ4n) is 2.39. The lowest BCUT2D eigenvalue weighted by Gasteiger charge is -2.39. The summed E-state index contributed by atoms with van der Waals surface area (Å²) in [6.07, 6.45) is 0.614. The topological polar surface area (TPSA) is 93.6 Å². The Morgan fingerprint density at radius 1 is 1.46 bits per heavy atom. The van der Waals surface area contributed by atoms with Crippen molar-refractivity contribution in [2.24, 2.45) is 0 Å². The minimum atomic E-state index is -2.03. The Morgan fingerprint density at radius 3 is 2.62 bits per heavy atom. The van der Waals surface area contributed by atoms with Crippen LogP contribution in [0.4, 0.5) is 0 Å². The summed E-state index contributed by atoms with van der Waals surface area (Å²) in [4.78, 5) is 25.8. The molecule has 3 atom stereocenters. The van der Waals surface area contributed by atoms with Crippen LogP contribution in [0.25, 0.3) is 0 Å². The maximum Gasteiger partial charge on any atom is 0.330 e. The third-order valence-electron chi connectivity index (χ3n) is 4.85. The summed E-state index contributed by atoms with van der Waals surface area (Å²) in [6, 6.07) is 0. The molecule has 1 aromatic rings. The Morgan fingerprint density at radius 2 is 2.08 bits per heavy atom. The van der Waals surface area contributed by atoms with Gasteiger partial charge in [-0.15, -0.1) is 0 Å². The van der Waals surface area contributed by atoms with Crippen LogP contribution in [-0.2, 0) is 9.16 Å². The quantitative estimate of drug-likeness (QED) is 0.520. The van der Waals surface area contributed by atoms with Gasteiger partial charge in [0.25, 0.3) is 5.56 Å². The van der Waals surface area contributed by atoms with Gasteiger partial charge in [-0.1, -0.05) is 20.8 Å². The molecule has 1 aliphatic heterocycles. The first-order chi connectivity index (χ1) is 11.0. The highest BCUT2D eigenvalue weighted by atomic mass is 127. The zero-order chi connectivity index (χ0) is 18.3. The highest BCUT2D eigenvalue weighted by molar-refractivity contribution is 14.1. The Kier molecular flexibility index (Phi) is 5.80. The molecule has 3 unspecified atom stereocenters. The van der Waals surface area contributed by atoms with Crippen molar-refractivity contribution in [1.29, 1.82) is 0 Å². The number of halogens is 1. The number of aliphatic hydroxyl groups excluding tert-OH is 1. The number of hydrogen-bond acceptors (Lipinski definition) is 5. The van der Waals surface area contributed by atoms with Gasteiger partial charge in [-0.25, -0.2) is 4.79 Å². The van der Waals surface area contributed by atoms with Gasteiger partial charge in [0.05, 0.1) is 16.3 Å². The van der Waals surface area contributed by atoms with E-state index < -0.39 is 31.9 Å². The number of nitrogens with zero attached hydrogens (tertiary/aromatic N) is 1. The molecule has 1 saturated heterocycles. The Labute approximate surface area is 155 Å². The first kappa shape index (κ1) is 19.8. The minimum Gasteiger partial charge on any atom is -0.411 e. The summed E-state index contributed by atoms with van der Waals surface area (Å²) >= 11 is 1.87. The molecule has 0 radical (unpaired) electrons. The lowest BCUT2D eigenvalue weighted by atomic mass is 10.2. The Bertz CT molecular complexity index is 709. The molecular formula is C15H25IN2O5Si. The van der Waals surface area contributed by atoms with Gasteiger partial charge in [-0.2, -0.15) is 0 Å². The van der Waals surface area contributed by atoms with Gasteiger partial charge in [0.15, 0.2) is 8.32 Å². The van der Waals surface area contributed by atoms with E-state index in [1.54, 1.807) is 0 Å². The molecule has 0 spiro atoms. The summed E-state index contributed by atoms with van der Waals surface area (Å²) in [5.41, 5.74) is -0.933. The molecule has 136 valence electrons. The third-order valence-corrected chi connectivity index (χ3v) is 10.1. The van der Waals surface area contributed by atoms with Gasteiger partial charge in [0.1, 0.15) is 12.3 Å². The molecule has 0 amide bonds. The van der Waals surface area contributed by atoms with Crippen LogP contribution in [0, 0.1) is 3.57 Å². The summed E-state index contributed by atoms with van der Waals surface area (Å²) in [5, 5.41) is 9.67. The molecule has 1 aliphatic rings. The van der Waals surface area contributed by atoms with Crippen LogP contribution in [0.1, 0.15) is 33.4 Å². The van der Waals surface area contributed by atoms with E-state index in [0.717, 1.165) is 0 Å². The van der Waals surface area contributed by atoms with Crippen LogP contribution >= 0.6 is 22.6 Å².